The van der Waals surface area contributed by atoms with Gasteiger partial charge in [-0.1, -0.05) is 164 Å². The molecule has 12 rings (SSSR count). The minimum atomic E-state index is -0.420. The molecule has 260 valence electrons. The number of rotatable bonds is 4. The first-order valence-electron chi connectivity index (χ1n) is 19.0. The molecule has 2 aliphatic carbocycles. The Morgan fingerprint density at radius 3 is 1.46 bits per heavy atom. The zero-order valence-corrected chi connectivity index (χ0v) is 31.0. The van der Waals surface area contributed by atoms with Gasteiger partial charge in [0, 0.05) is 36.9 Å². The molecule has 2 heterocycles. The molecule has 0 unspecified atom stereocenters. The van der Waals surface area contributed by atoms with Gasteiger partial charge in [-0.15, -0.1) is 11.3 Å². The monoisotopic (exact) mass is 729 g/mol. The van der Waals surface area contributed by atoms with Crippen LogP contribution in [0.25, 0.3) is 87.7 Å². The quantitative estimate of drug-likeness (QED) is 0.181. The topological polar surface area (TPSA) is 38.7 Å². The van der Waals surface area contributed by atoms with Crippen LogP contribution < -0.4 is 0 Å². The van der Waals surface area contributed by atoms with E-state index in [2.05, 4.69) is 170 Å². The van der Waals surface area contributed by atoms with Gasteiger partial charge in [0.1, 0.15) is 0 Å². The van der Waals surface area contributed by atoms with E-state index in [9.17, 15) is 0 Å². The first-order valence-corrected chi connectivity index (χ1v) is 19.8. The van der Waals surface area contributed by atoms with Crippen LogP contribution in [0.4, 0.5) is 0 Å². The SMILES string of the molecule is c1ccc(-c2nc(-c3ccc(-c4cccc5c4C4(c6ccccc6-c6ccccc64)c4ccccc4-5)cc3)nc(-c3ccc4sc5ccccc5c4c3)n2)cc1. The highest BCUT2D eigenvalue weighted by Crippen LogP contribution is 2.64. The van der Waals surface area contributed by atoms with Crippen molar-refractivity contribution in [2.24, 2.45) is 0 Å². The maximum absolute atomic E-state index is 5.15. The standard InChI is InChI=1S/C52H31N3S/c1-2-13-33(14-3-1)49-53-50(55-51(54-49)35-29-30-47-42(31-35)40-18-7-11-24-46(40)56-47)34-27-25-32(26-28-34)36-19-12-20-41-39-17-6-10-23-45(39)52(48(36)41)43-21-8-4-15-37(43)38-16-5-9-22-44(38)52/h1-31H. The average Bonchev–Trinajstić information content (AvgIpc) is 3.90. The Hall–Kier alpha value is -7.01. The highest BCUT2D eigenvalue weighted by atomic mass is 32.1. The van der Waals surface area contributed by atoms with Gasteiger partial charge in [-0.3, -0.25) is 0 Å². The third-order valence-corrected chi connectivity index (χ3v) is 12.9. The van der Waals surface area contributed by atoms with Crippen LogP contribution in [0.2, 0.25) is 0 Å². The molecular formula is C52H31N3S. The van der Waals surface area contributed by atoms with Crippen molar-refractivity contribution in [3.63, 3.8) is 0 Å². The second kappa shape index (κ2) is 12.0. The molecule has 0 amide bonds. The molecule has 0 fully saturated rings. The molecule has 4 heteroatoms. The lowest BCUT2D eigenvalue weighted by Crippen LogP contribution is -2.26. The first kappa shape index (κ1) is 31.4. The summed E-state index contributed by atoms with van der Waals surface area (Å²) >= 11 is 1.82. The zero-order chi connectivity index (χ0) is 36.8. The van der Waals surface area contributed by atoms with Crippen molar-refractivity contribution in [1.82, 2.24) is 15.0 Å². The van der Waals surface area contributed by atoms with Crippen molar-refractivity contribution in [2.45, 2.75) is 5.41 Å². The van der Waals surface area contributed by atoms with E-state index in [1.165, 1.54) is 70.2 Å². The largest absolute Gasteiger partial charge is 0.208 e. The normalized spacial score (nSPS) is 13.1. The van der Waals surface area contributed by atoms with Crippen LogP contribution in [0.5, 0.6) is 0 Å². The molecule has 0 radical (unpaired) electrons. The average molecular weight is 730 g/mol. The molecule has 0 aliphatic heterocycles. The van der Waals surface area contributed by atoms with Crippen LogP contribution in [0.15, 0.2) is 188 Å². The summed E-state index contributed by atoms with van der Waals surface area (Å²) in [7, 11) is 0. The highest BCUT2D eigenvalue weighted by molar-refractivity contribution is 7.25. The minimum absolute atomic E-state index is 0.420. The molecule has 0 saturated carbocycles. The summed E-state index contributed by atoms with van der Waals surface area (Å²) in [6.07, 6.45) is 0. The van der Waals surface area contributed by atoms with Crippen molar-refractivity contribution in [1.29, 1.82) is 0 Å². The number of hydrogen-bond acceptors (Lipinski definition) is 4. The Balaban J connectivity index is 1.02. The van der Waals surface area contributed by atoms with Gasteiger partial charge < -0.3 is 0 Å². The summed E-state index contributed by atoms with van der Waals surface area (Å²) < 4.78 is 2.53. The highest BCUT2D eigenvalue weighted by Gasteiger charge is 2.52. The summed E-state index contributed by atoms with van der Waals surface area (Å²) in [5.74, 6) is 1.97. The van der Waals surface area contributed by atoms with Gasteiger partial charge in [-0.2, -0.15) is 0 Å². The van der Waals surface area contributed by atoms with Crippen molar-refractivity contribution < 1.29 is 0 Å². The Kier molecular flexibility index (Phi) is 6.72. The number of aromatic nitrogens is 3. The van der Waals surface area contributed by atoms with Crippen molar-refractivity contribution in [3.05, 3.63) is 210 Å². The van der Waals surface area contributed by atoms with Gasteiger partial charge >= 0.3 is 0 Å². The summed E-state index contributed by atoms with van der Waals surface area (Å²) in [5, 5.41) is 2.47. The lowest BCUT2D eigenvalue weighted by Gasteiger charge is -2.32. The molecule has 56 heavy (non-hydrogen) atoms. The van der Waals surface area contributed by atoms with E-state index in [0.717, 1.165) is 22.3 Å². The fourth-order valence-electron chi connectivity index (χ4n) is 9.41. The van der Waals surface area contributed by atoms with E-state index in [4.69, 9.17) is 15.0 Å². The lowest BCUT2D eigenvalue weighted by molar-refractivity contribution is 0.796. The smallest absolute Gasteiger partial charge is 0.164 e. The molecule has 10 aromatic rings. The molecule has 0 atom stereocenters. The fourth-order valence-corrected chi connectivity index (χ4v) is 10.5. The second-order valence-corrected chi connectivity index (χ2v) is 15.8. The van der Waals surface area contributed by atoms with E-state index < -0.39 is 5.41 Å². The molecule has 8 aromatic carbocycles. The van der Waals surface area contributed by atoms with Crippen LogP contribution in [0, 0.1) is 0 Å². The zero-order valence-electron chi connectivity index (χ0n) is 30.1. The summed E-state index contributed by atoms with van der Waals surface area (Å²) in [6.45, 7) is 0. The number of fused-ring (bicyclic) bond motifs is 13. The van der Waals surface area contributed by atoms with E-state index in [0.29, 0.717) is 17.5 Å². The Labute approximate surface area is 328 Å². The second-order valence-electron chi connectivity index (χ2n) is 14.7. The maximum atomic E-state index is 5.15. The van der Waals surface area contributed by atoms with Crippen LogP contribution >= 0.6 is 11.3 Å². The Bertz CT molecular complexity index is 3130. The summed E-state index contributed by atoms with van der Waals surface area (Å²) in [4.78, 5) is 15.3. The number of hydrogen-bond donors (Lipinski definition) is 0. The molecular weight excluding hydrogens is 699 g/mol. The van der Waals surface area contributed by atoms with E-state index in [-0.39, 0.29) is 0 Å². The lowest BCUT2D eigenvalue weighted by atomic mass is 9.68. The fraction of sp³-hybridized carbons (Fsp3) is 0.0192. The van der Waals surface area contributed by atoms with E-state index >= 15 is 0 Å². The predicted octanol–water partition coefficient (Wildman–Crippen LogP) is 13.3. The molecule has 2 aromatic heterocycles. The van der Waals surface area contributed by atoms with Crippen molar-refractivity contribution in [2.75, 3.05) is 0 Å². The van der Waals surface area contributed by atoms with Gasteiger partial charge in [0.05, 0.1) is 5.41 Å². The molecule has 0 bridgehead atoms. The van der Waals surface area contributed by atoms with Crippen molar-refractivity contribution >= 4 is 31.5 Å². The first-order chi connectivity index (χ1) is 27.8. The minimum Gasteiger partial charge on any atom is -0.208 e. The van der Waals surface area contributed by atoms with Crippen LogP contribution in [0.1, 0.15) is 22.3 Å². The van der Waals surface area contributed by atoms with Crippen LogP contribution in [-0.4, -0.2) is 15.0 Å². The van der Waals surface area contributed by atoms with Crippen LogP contribution in [-0.2, 0) is 5.41 Å². The summed E-state index contributed by atoms with van der Waals surface area (Å²) in [5.41, 5.74) is 15.4. The van der Waals surface area contributed by atoms with Crippen molar-refractivity contribution in [3.8, 4) is 67.5 Å². The molecule has 0 saturated heterocycles. The van der Waals surface area contributed by atoms with E-state index in [1.54, 1.807) is 0 Å². The van der Waals surface area contributed by atoms with Gasteiger partial charge in [0.15, 0.2) is 17.5 Å². The maximum Gasteiger partial charge on any atom is 0.164 e. The van der Waals surface area contributed by atoms with Crippen LogP contribution in [0.3, 0.4) is 0 Å². The third-order valence-electron chi connectivity index (χ3n) is 11.8. The molecule has 2 aliphatic rings. The van der Waals surface area contributed by atoms with Gasteiger partial charge in [-0.25, -0.2) is 15.0 Å². The molecule has 3 nitrogen and oxygen atoms in total. The molecule has 1 spiro atoms. The number of nitrogens with zero attached hydrogens (tertiary/aromatic N) is 3. The van der Waals surface area contributed by atoms with Gasteiger partial charge in [0.2, 0.25) is 0 Å². The van der Waals surface area contributed by atoms with Gasteiger partial charge in [0.25, 0.3) is 0 Å². The predicted molar refractivity (Wildman–Crippen MR) is 231 cm³/mol. The Morgan fingerprint density at radius 1 is 0.321 bits per heavy atom. The van der Waals surface area contributed by atoms with E-state index in [1.807, 2.05) is 29.5 Å². The Morgan fingerprint density at radius 2 is 0.786 bits per heavy atom. The number of benzene rings is 8. The third kappa shape index (κ3) is 4.42. The van der Waals surface area contributed by atoms with Gasteiger partial charge in [-0.05, 0) is 79.9 Å². The molecule has 0 N–H and O–H groups in total. The number of thiophene rings is 1. The summed E-state index contributed by atoms with van der Waals surface area (Å²) in [6, 6.07) is 67.9.